The lowest BCUT2D eigenvalue weighted by atomic mass is 9.89. The Balaban J connectivity index is 1.44. The number of amides is 1. The van der Waals surface area contributed by atoms with Crippen LogP contribution in [0.15, 0.2) is 67.0 Å². The van der Waals surface area contributed by atoms with Crippen LogP contribution in [0.25, 0.3) is 0 Å². The molecule has 7 heteroatoms. The smallest absolute Gasteiger partial charge is 0.251 e. The fraction of sp³-hybridized carbons (Fsp3) is 0.357. The van der Waals surface area contributed by atoms with Crippen LogP contribution in [0.4, 0.5) is 0 Å². The highest BCUT2D eigenvalue weighted by Crippen LogP contribution is 2.34. The van der Waals surface area contributed by atoms with Crippen molar-refractivity contribution in [3.63, 3.8) is 0 Å². The van der Waals surface area contributed by atoms with Gasteiger partial charge in [-0.15, -0.1) is 0 Å². The van der Waals surface area contributed by atoms with Crippen LogP contribution in [0, 0.1) is 5.92 Å². The Bertz CT molecular complexity index is 1100. The van der Waals surface area contributed by atoms with Gasteiger partial charge in [-0.2, -0.15) is 0 Å². The summed E-state index contributed by atoms with van der Waals surface area (Å²) in [5.74, 6) is 2.90. The largest absolute Gasteiger partial charge is 0.497 e. The van der Waals surface area contributed by atoms with Crippen LogP contribution in [0.2, 0.25) is 0 Å². The normalized spacial score (nSPS) is 17.7. The Morgan fingerprint density at radius 2 is 1.69 bits per heavy atom. The van der Waals surface area contributed by atoms with Crippen molar-refractivity contribution in [1.29, 1.82) is 0 Å². The molecule has 0 spiro atoms. The number of carbonyl (C=O) groups excluding carboxylic acids is 1. The van der Waals surface area contributed by atoms with Gasteiger partial charge in [0.25, 0.3) is 5.91 Å². The van der Waals surface area contributed by atoms with Crippen LogP contribution < -0.4 is 19.5 Å². The Kier molecular flexibility index (Phi) is 8.21. The molecule has 184 valence electrons. The molecule has 0 saturated carbocycles. The maximum absolute atomic E-state index is 12.6. The zero-order chi connectivity index (χ0) is 24.6. The van der Waals surface area contributed by atoms with E-state index in [1.54, 1.807) is 45.9 Å². The van der Waals surface area contributed by atoms with E-state index in [4.69, 9.17) is 14.2 Å². The summed E-state index contributed by atoms with van der Waals surface area (Å²) in [5.41, 5.74) is 3.10. The Labute approximate surface area is 207 Å². The first-order valence-corrected chi connectivity index (χ1v) is 11.9. The highest BCUT2D eigenvalue weighted by Gasteiger charge is 2.33. The fourth-order valence-corrected chi connectivity index (χ4v) is 4.73. The summed E-state index contributed by atoms with van der Waals surface area (Å²) >= 11 is 0. The molecule has 1 aliphatic heterocycles. The zero-order valence-electron chi connectivity index (χ0n) is 20.6. The van der Waals surface area contributed by atoms with Crippen molar-refractivity contribution in [3.8, 4) is 17.2 Å². The molecule has 0 aliphatic carbocycles. The molecule has 1 N–H and O–H groups in total. The second-order valence-electron chi connectivity index (χ2n) is 8.78. The lowest BCUT2D eigenvalue weighted by Crippen LogP contribution is -2.32. The molecule has 7 nitrogen and oxygen atoms in total. The minimum absolute atomic E-state index is 0.0651. The van der Waals surface area contributed by atoms with E-state index in [9.17, 15) is 4.79 Å². The maximum atomic E-state index is 12.6. The van der Waals surface area contributed by atoms with Gasteiger partial charge in [0, 0.05) is 50.1 Å². The molecule has 2 aromatic carbocycles. The second-order valence-corrected chi connectivity index (χ2v) is 8.78. The number of nitrogens with zero attached hydrogens (tertiary/aromatic N) is 2. The average molecular weight is 476 g/mol. The number of ether oxygens (including phenoxy) is 3. The number of nitrogens with one attached hydrogen (secondary N) is 1. The fourth-order valence-electron chi connectivity index (χ4n) is 4.73. The number of carbonyl (C=O) groups is 1. The van der Waals surface area contributed by atoms with Gasteiger partial charge in [0.2, 0.25) is 0 Å². The third kappa shape index (κ3) is 6.11. The van der Waals surface area contributed by atoms with E-state index in [1.165, 1.54) is 11.1 Å². The zero-order valence-corrected chi connectivity index (χ0v) is 20.6. The highest BCUT2D eigenvalue weighted by molar-refractivity contribution is 5.93. The van der Waals surface area contributed by atoms with Crippen molar-refractivity contribution >= 4 is 5.91 Å². The SMILES string of the molecule is COc1ccc([C@H]2CN(CCc3ccc(OC)c(OC)c3)C[C@@H]2CNC(=O)c2ccncc2)cc1. The number of hydrogen-bond donors (Lipinski definition) is 1. The van der Waals surface area contributed by atoms with Gasteiger partial charge in [0.15, 0.2) is 11.5 Å². The Morgan fingerprint density at radius 3 is 2.37 bits per heavy atom. The number of aromatic nitrogens is 1. The lowest BCUT2D eigenvalue weighted by Gasteiger charge is -2.19. The van der Waals surface area contributed by atoms with Gasteiger partial charge in [0.1, 0.15) is 5.75 Å². The molecule has 2 heterocycles. The van der Waals surface area contributed by atoms with Crippen LogP contribution in [0.1, 0.15) is 27.4 Å². The summed E-state index contributed by atoms with van der Waals surface area (Å²) < 4.78 is 16.2. The van der Waals surface area contributed by atoms with Crippen LogP contribution in [-0.4, -0.2) is 63.3 Å². The van der Waals surface area contributed by atoms with Crippen molar-refractivity contribution in [3.05, 3.63) is 83.7 Å². The molecule has 1 aromatic heterocycles. The number of methoxy groups -OCH3 is 3. The van der Waals surface area contributed by atoms with Crippen molar-refractivity contribution in [2.24, 2.45) is 5.92 Å². The average Bonchev–Trinajstić information content (AvgIpc) is 3.33. The van der Waals surface area contributed by atoms with Gasteiger partial charge < -0.3 is 24.4 Å². The minimum atomic E-state index is -0.0651. The number of likely N-dealkylation sites (tertiary alicyclic amines) is 1. The first-order chi connectivity index (χ1) is 17.1. The van der Waals surface area contributed by atoms with E-state index in [2.05, 4.69) is 33.4 Å². The molecule has 35 heavy (non-hydrogen) atoms. The van der Waals surface area contributed by atoms with Crippen molar-refractivity contribution in [2.75, 3.05) is 47.5 Å². The summed E-state index contributed by atoms with van der Waals surface area (Å²) in [4.78, 5) is 19.1. The van der Waals surface area contributed by atoms with Crippen LogP contribution >= 0.6 is 0 Å². The molecule has 0 unspecified atom stereocenters. The quantitative estimate of drug-likeness (QED) is 0.481. The van der Waals surface area contributed by atoms with Gasteiger partial charge in [0.05, 0.1) is 21.3 Å². The maximum Gasteiger partial charge on any atom is 0.251 e. The van der Waals surface area contributed by atoms with Crippen molar-refractivity contribution in [2.45, 2.75) is 12.3 Å². The summed E-state index contributed by atoms with van der Waals surface area (Å²) in [5, 5.41) is 3.14. The first kappa shape index (κ1) is 24.5. The van der Waals surface area contributed by atoms with E-state index >= 15 is 0 Å². The van der Waals surface area contributed by atoms with Crippen molar-refractivity contribution in [1.82, 2.24) is 15.2 Å². The molecule has 2 atom stereocenters. The molecular formula is C28H33N3O4. The molecule has 0 radical (unpaired) electrons. The van der Waals surface area contributed by atoms with E-state index in [0.29, 0.717) is 23.9 Å². The van der Waals surface area contributed by atoms with Gasteiger partial charge in [-0.3, -0.25) is 9.78 Å². The number of benzene rings is 2. The standard InChI is InChI=1S/C28H33N3O4/c1-33-24-7-5-21(6-8-24)25-19-31(15-12-20-4-9-26(34-2)27(16-20)35-3)18-23(25)17-30-28(32)22-10-13-29-14-11-22/h4-11,13-14,16,23,25H,12,15,17-19H2,1-3H3,(H,30,32)/t23-,25+/m0/s1. The number of pyridine rings is 1. The Hall–Kier alpha value is -3.58. The third-order valence-corrected chi connectivity index (χ3v) is 6.69. The molecule has 1 saturated heterocycles. The predicted octanol–water partition coefficient (Wildman–Crippen LogP) is 3.80. The molecule has 3 aromatic rings. The van der Waals surface area contributed by atoms with Gasteiger partial charge >= 0.3 is 0 Å². The molecule has 4 rings (SSSR count). The highest BCUT2D eigenvalue weighted by atomic mass is 16.5. The monoisotopic (exact) mass is 475 g/mol. The third-order valence-electron chi connectivity index (χ3n) is 6.69. The van der Waals surface area contributed by atoms with Crippen LogP contribution in [0.5, 0.6) is 17.2 Å². The Morgan fingerprint density at radius 1 is 0.943 bits per heavy atom. The lowest BCUT2D eigenvalue weighted by molar-refractivity contribution is 0.0946. The molecular weight excluding hydrogens is 442 g/mol. The van der Waals surface area contributed by atoms with E-state index in [0.717, 1.165) is 43.3 Å². The number of rotatable bonds is 10. The van der Waals surface area contributed by atoms with Crippen LogP contribution in [0.3, 0.4) is 0 Å². The van der Waals surface area contributed by atoms with Gasteiger partial charge in [-0.05, 0) is 59.9 Å². The van der Waals surface area contributed by atoms with Gasteiger partial charge in [-0.1, -0.05) is 18.2 Å². The number of hydrogen-bond acceptors (Lipinski definition) is 6. The minimum Gasteiger partial charge on any atom is -0.497 e. The molecule has 1 fully saturated rings. The first-order valence-electron chi connectivity index (χ1n) is 11.9. The topological polar surface area (TPSA) is 72.9 Å². The van der Waals surface area contributed by atoms with E-state index in [1.807, 2.05) is 24.3 Å². The molecule has 1 amide bonds. The molecule has 1 aliphatic rings. The predicted molar refractivity (Wildman–Crippen MR) is 135 cm³/mol. The second kappa shape index (κ2) is 11.7. The van der Waals surface area contributed by atoms with Crippen molar-refractivity contribution < 1.29 is 19.0 Å². The summed E-state index contributed by atoms with van der Waals surface area (Å²) in [6.07, 6.45) is 4.19. The van der Waals surface area contributed by atoms with Gasteiger partial charge in [-0.25, -0.2) is 0 Å². The van der Waals surface area contributed by atoms with E-state index in [-0.39, 0.29) is 5.91 Å². The van der Waals surface area contributed by atoms with E-state index < -0.39 is 0 Å². The summed E-state index contributed by atoms with van der Waals surface area (Å²) in [6.45, 7) is 3.40. The summed E-state index contributed by atoms with van der Waals surface area (Å²) in [6, 6.07) is 17.9. The van der Waals surface area contributed by atoms with Crippen LogP contribution in [-0.2, 0) is 6.42 Å². The molecule has 0 bridgehead atoms. The summed E-state index contributed by atoms with van der Waals surface area (Å²) in [7, 11) is 4.99.